The van der Waals surface area contributed by atoms with Crippen LogP contribution in [0.1, 0.15) is 37.0 Å². The lowest BCUT2D eigenvalue weighted by Gasteiger charge is -2.09. The molecule has 0 unspecified atom stereocenters. The summed E-state index contributed by atoms with van der Waals surface area (Å²) in [6, 6.07) is 1.94. The number of nitrogens with zero attached hydrogens (tertiary/aromatic N) is 4. The topological polar surface area (TPSA) is 55.6 Å². The minimum atomic E-state index is 0.320. The molecule has 0 aromatic carbocycles. The Morgan fingerprint density at radius 1 is 1.22 bits per heavy atom. The fourth-order valence-corrected chi connectivity index (χ4v) is 1.77. The third-order valence-electron chi connectivity index (χ3n) is 2.66. The summed E-state index contributed by atoms with van der Waals surface area (Å²) in [6.45, 7) is 8.14. The highest BCUT2D eigenvalue weighted by molar-refractivity contribution is 5.57. The minimum absolute atomic E-state index is 0.320. The van der Waals surface area contributed by atoms with Crippen molar-refractivity contribution in [2.24, 2.45) is 7.05 Å². The van der Waals surface area contributed by atoms with Gasteiger partial charge in [-0.2, -0.15) is 5.10 Å². The molecule has 18 heavy (non-hydrogen) atoms. The summed E-state index contributed by atoms with van der Waals surface area (Å²) in [5, 5.41) is 7.59. The second-order valence-electron chi connectivity index (χ2n) is 4.83. The molecule has 0 amide bonds. The van der Waals surface area contributed by atoms with Gasteiger partial charge in [-0.15, -0.1) is 0 Å². The number of aryl methyl sites for hydroxylation is 3. The number of nitrogens with one attached hydrogen (secondary N) is 1. The van der Waals surface area contributed by atoms with Crippen molar-refractivity contribution in [2.45, 2.75) is 33.6 Å². The van der Waals surface area contributed by atoms with Gasteiger partial charge in [0.2, 0.25) is 0 Å². The Labute approximate surface area is 107 Å². The highest BCUT2D eigenvalue weighted by Crippen LogP contribution is 2.20. The number of aromatic nitrogens is 4. The van der Waals surface area contributed by atoms with Crippen LogP contribution in [0.2, 0.25) is 0 Å². The average Bonchev–Trinajstić information content (AvgIpc) is 2.56. The van der Waals surface area contributed by atoms with Crippen molar-refractivity contribution >= 4 is 11.5 Å². The Hall–Kier alpha value is -1.91. The quantitative estimate of drug-likeness (QED) is 0.903. The van der Waals surface area contributed by atoms with Crippen LogP contribution in [0.25, 0.3) is 0 Å². The molecule has 5 heteroatoms. The first-order valence-electron chi connectivity index (χ1n) is 6.08. The third kappa shape index (κ3) is 2.67. The van der Waals surface area contributed by atoms with Gasteiger partial charge in [-0.05, 0) is 13.8 Å². The molecule has 0 spiro atoms. The summed E-state index contributed by atoms with van der Waals surface area (Å²) in [7, 11) is 1.91. The van der Waals surface area contributed by atoms with E-state index in [1.165, 1.54) is 0 Å². The maximum atomic E-state index is 4.52. The smallest absolute Gasteiger partial charge is 0.134 e. The van der Waals surface area contributed by atoms with E-state index in [2.05, 4.69) is 34.2 Å². The summed E-state index contributed by atoms with van der Waals surface area (Å²) >= 11 is 0. The van der Waals surface area contributed by atoms with Gasteiger partial charge in [0.1, 0.15) is 11.6 Å². The Bertz CT molecular complexity index is 557. The zero-order valence-electron chi connectivity index (χ0n) is 11.5. The second-order valence-corrected chi connectivity index (χ2v) is 4.83. The zero-order valence-corrected chi connectivity index (χ0v) is 11.5. The third-order valence-corrected chi connectivity index (χ3v) is 2.66. The monoisotopic (exact) mass is 245 g/mol. The van der Waals surface area contributed by atoms with Crippen LogP contribution >= 0.6 is 0 Å². The Morgan fingerprint density at radius 2 is 1.94 bits per heavy atom. The van der Waals surface area contributed by atoms with Crippen molar-refractivity contribution in [1.82, 2.24) is 19.7 Å². The van der Waals surface area contributed by atoms with Gasteiger partial charge in [-0.3, -0.25) is 4.68 Å². The Balaban J connectivity index is 2.31. The first-order chi connectivity index (χ1) is 8.45. The molecule has 0 atom stereocenters. The highest BCUT2D eigenvalue weighted by Gasteiger charge is 2.08. The standard InChI is InChI=1S/C13H19N5/c1-8(2)13-14-9(3)6-12(16-13)15-11-7-18(5)17-10(11)4/h6-8H,1-5H3,(H,14,15,16). The lowest BCUT2D eigenvalue weighted by molar-refractivity contribution is 0.756. The van der Waals surface area contributed by atoms with Crippen LogP contribution in [0.4, 0.5) is 11.5 Å². The molecule has 2 heterocycles. The second kappa shape index (κ2) is 4.76. The van der Waals surface area contributed by atoms with Gasteiger partial charge in [0.25, 0.3) is 0 Å². The molecule has 0 radical (unpaired) electrons. The minimum Gasteiger partial charge on any atom is -0.337 e. The molecule has 0 aliphatic rings. The molecule has 0 saturated heterocycles. The summed E-state index contributed by atoms with van der Waals surface area (Å²) in [4.78, 5) is 8.95. The van der Waals surface area contributed by atoms with Crippen molar-refractivity contribution in [1.29, 1.82) is 0 Å². The van der Waals surface area contributed by atoms with Crippen molar-refractivity contribution in [3.63, 3.8) is 0 Å². The first-order valence-corrected chi connectivity index (χ1v) is 6.08. The maximum Gasteiger partial charge on any atom is 0.134 e. The van der Waals surface area contributed by atoms with Crippen LogP contribution in [-0.4, -0.2) is 19.7 Å². The van der Waals surface area contributed by atoms with Crippen molar-refractivity contribution in [3.05, 3.63) is 29.5 Å². The van der Waals surface area contributed by atoms with Gasteiger partial charge in [-0.1, -0.05) is 13.8 Å². The molecule has 2 aromatic heterocycles. The largest absolute Gasteiger partial charge is 0.337 e. The summed E-state index contributed by atoms with van der Waals surface area (Å²) in [6.07, 6.45) is 1.95. The lowest BCUT2D eigenvalue weighted by atomic mass is 10.2. The summed E-state index contributed by atoms with van der Waals surface area (Å²) in [5.74, 6) is 2.00. The van der Waals surface area contributed by atoms with Crippen LogP contribution in [0.15, 0.2) is 12.3 Å². The Morgan fingerprint density at radius 3 is 2.50 bits per heavy atom. The predicted molar refractivity (Wildman–Crippen MR) is 72.1 cm³/mol. The molecule has 0 aliphatic carbocycles. The normalized spacial score (nSPS) is 11.0. The van der Waals surface area contributed by atoms with E-state index in [0.717, 1.165) is 28.7 Å². The fraction of sp³-hybridized carbons (Fsp3) is 0.462. The maximum absolute atomic E-state index is 4.52. The highest BCUT2D eigenvalue weighted by atomic mass is 15.3. The predicted octanol–water partition coefficient (Wildman–Crippen LogP) is 2.69. The van der Waals surface area contributed by atoms with E-state index < -0.39 is 0 Å². The van der Waals surface area contributed by atoms with Gasteiger partial charge in [-0.25, -0.2) is 9.97 Å². The van der Waals surface area contributed by atoms with Gasteiger partial charge in [0.05, 0.1) is 11.4 Å². The van der Waals surface area contributed by atoms with Crippen molar-refractivity contribution in [3.8, 4) is 0 Å². The molecule has 2 aromatic rings. The summed E-state index contributed by atoms with van der Waals surface area (Å²) < 4.78 is 1.79. The van der Waals surface area contributed by atoms with Crippen LogP contribution in [0.5, 0.6) is 0 Å². The number of hydrogen-bond donors (Lipinski definition) is 1. The molecule has 2 rings (SSSR count). The molecular weight excluding hydrogens is 226 g/mol. The van der Waals surface area contributed by atoms with E-state index in [1.807, 2.05) is 33.2 Å². The fourth-order valence-electron chi connectivity index (χ4n) is 1.77. The van der Waals surface area contributed by atoms with E-state index in [1.54, 1.807) is 4.68 Å². The van der Waals surface area contributed by atoms with E-state index in [4.69, 9.17) is 0 Å². The SMILES string of the molecule is Cc1cc(Nc2cn(C)nc2C)nc(C(C)C)n1. The molecular formula is C13H19N5. The molecule has 0 fully saturated rings. The molecule has 1 N–H and O–H groups in total. The van der Waals surface area contributed by atoms with Gasteiger partial charge >= 0.3 is 0 Å². The first kappa shape index (κ1) is 12.5. The molecule has 5 nitrogen and oxygen atoms in total. The van der Waals surface area contributed by atoms with Gasteiger partial charge < -0.3 is 5.32 Å². The van der Waals surface area contributed by atoms with Crippen LogP contribution in [-0.2, 0) is 7.05 Å². The van der Waals surface area contributed by atoms with E-state index in [9.17, 15) is 0 Å². The molecule has 0 bridgehead atoms. The number of rotatable bonds is 3. The number of hydrogen-bond acceptors (Lipinski definition) is 4. The van der Waals surface area contributed by atoms with E-state index >= 15 is 0 Å². The number of anilines is 2. The lowest BCUT2D eigenvalue weighted by Crippen LogP contribution is -2.03. The van der Waals surface area contributed by atoms with Crippen LogP contribution in [0, 0.1) is 13.8 Å². The van der Waals surface area contributed by atoms with Crippen LogP contribution in [0.3, 0.4) is 0 Å². The van der Waals surface area contributed by atoms with Gasteiger partial charge in [0, 0.05) is 30.9 Å². The van der Waals surface area contributed by atoms with Crippen LogP contribution < -0.4 is 5.32 Å². The molecule has 0 aliphatic heterocycles. The molecule has 96 valence electrons. The average molecular weight is 245 g/mol. The van der Waals surface area contributed by atoms with Crippen molar-refractivity contribution in [2.75, 3.05) is 5.32 Å². The zero-order chi connectivity index (χ0) is 13.3. The van der Waals surface area contributed by atoms with E-state index in [0.29, 0.717) is 5.92 Å². The Kier molecular flexibility index (Phi) is 3.32. The van der Waals surface area contributed by atoms with Crippen molar-refractivity contribution < 1.29 is 0 Å². The summed E-state index contributed by atoms with van der Waals surface area (Å²) in [5.41, 5.74) is 2.91. The molecule has 0 saturated carbocycles. The van der Waals surface area contributed by atoms with E-state index in [-0.39, 0.29) is 0 Å². The van der Waals surface area contributed by atoms with Gasteiger partial charge in [0.15, 0.2) is 0 Å².